The van der Waals surface area contributed by atoms with Crippen molar-refractivity contribution in [2.75, 3.05) is 5.73 Å². The van der Waals surface area contributed by atoms with Gasteiger partial charge in [-0.25, -0.2) is 9.18 Å². The lowest BCUT2D eigenvalue weighted by Crippen LogP contribution is -2.12. The molecule has 0 aliphatic rings. The fourth-order valence-electron chi connectivity index (χ4n) is 0.926. The van der Waals surface area contributed by atoms with Crippen molar-refractivity contribution in [2.24, 2.45) is 0 Å². The highest BCUT2D eigenvalue weighted by atomic mass is 32.3. The largest absolute Gasteiger partial charge is 0.478 e. The Hall–Kier alpha value is -1.87. The van der Waals surface area contributed by atoms with E-state index in [9.17, 15) is 17.6 Å². The van der Waals surface area contributed by atoms with Crippen LogP contribution >= 0.6 is 0 Å². The number of halogens is 1. The Morgan fingerprint density at radius 3 is 2.44 bits per heavy atom. The van der Waals surface area contributed by atoms with Crippen molar-refractivity contribution in [2.45, 2.75) is 0 Å². The number of carboxylic acids is 1. The zero-order chi connectivity index (χ0) is 12.5. The molecule has 0 bridgehead atoms. The van der Waals surface area contributed by atoms with Gasteiger partial charge in [0, 0.05) is 0 Å². The predicted molar refractivity (Wildman–Crippen MR) is 49.9 cm³/mol. The summed E-state index contributed by atoms with van der Waals surface area (Å²) >= 11 is 0. The number of hydrogen-bond acceptors (Lipinski definition) is 5. The minimum Gasteiger partial charge on any atom is -0.478 e. The standard InChI is InChI=1S/C7H6FNO6S/c8-5-4(9)2-1-3(7(10)11)6(5)15-16(12,13)14/h1-2H,9H2,(H,10,11)(H,12,13,14). The molecule has 7 nitrogen and oxygen atoms in total. The molecule has 1 aromatic rings. The Kier molecular flexibility index (Phi) is 3.01. The SMILES string of the molecule is Nc1ccc(C(=O)O)c(OS(=O)(=O)O)c1F. The van der Waals surface area contributed by atoms with Crippen molar-refractivity contribution in [1.82, 2.24) is 0 Å². The fraction of sp³-hybridized carbons (Fsp3) is 0. The molecule has 1 aromatic carbocycles. The quantitative estimate of drug-likeness (QED) is 0.520. The van der Waals surface area contributed by atoms with E-state index in [0.717, 1.165) is 12.1 Å². The van der Waals surface area contributed by atoms with Crippen molar-refractivity contribution in [3.63, 3.8) is 0 Å². The summed E-state index contributed by atoms with van der Waals surface area (Å²) in [4.78, 5) is 10.6. The number of nitrogen functional groups attached to an aromatic ring is 1. The molecule has 16 heavy (non-hydrogen) atoms. The van der Waals surface area contributed by atoms with Crippen molar-refractivity contribution in [1.29, 1.82) is 0 Å². The van der Waals surface area contributed by atoms with Crippen molar-refractivity contribution >= 4 is 22.1 Å². The number of anilines is 1. The molecule has 88 valence electrons. The van der Waals surface area contributed by atoms with Crippen LogP contribution in [0.4, 0.5) is 10.1 Å². The van der Waals surface area contributed by atoms with Crippen LogP contribution in [0.1, 0.15) is 10.4 Å². The lowest BCUT2D eigenvalue weighted by atomic mass is 10.2. The van der Waals surface area contributed by atoms with Crippen LogP contribution in [-0.4, -0.2) is 24.0 Å². The first-order valence-corrected chi connectivity index (χ1v) is 5.07. The maximum atomic E-state index is 13.3. The zero-order valence-electron chi connectivity index (χ0n) is 7.55. The van der Waals surface area contributed by atoms with E-state index in [-0.39, 0.29) is 0 Å². The Bertz CT molecular complexity index is 540. The van der Waals surface area contributed by atoms with E-state index < -0.39 is 39.2 Å². The molecule has 0 saturated heterocycles. The zero-order valence-corrected chi connectivity index (χ0v) is 8.36. The van der Waals surface area contributed by atoms with Gasteiger partial charge in [-0.3, -0.25) is 4.55 Å². The molecule has 4 N–H and O–H groups in total. The van der Waals surface area contributed by atoms with E-state index in [4.69, 9.17) is 15.4 Å². The molecule has 0 unspecified atom stereocenters. The van der Waals surface area contributed by atoms with E-state index >= 15 is 0 Å². The molecule has 0 atom stereocenters. The molecule has 0 aliphatic heterocycles. The number of rotatable bonds is 3. The molecule has 0 heterocycles. The highest BCUT2D eigenvalue weighted by Gasteiger charge is 2.22. The lowest BCUT2D eigenvalue weighted by molar-refractivity contribution is 0.0694. The van der Waals surface area contributed by atoms with Gasteiger partial charge in [0.25, 0.3) is 0 Å². The third-order valence-electron chi connectivity index (χ3n) is 1.55. The first kappa shape index (κ1) is 12.2. The topological polar surface area (TPSA) is 127 Å². The van der Waals surface area contributed by atoms with Crippen LogP contribution in [0.2, 0.25) is 0 Å². The Morgan fingerprint density at radius 1 is 1.44 bits per heavy atom. The molecule has 0 saturated carbocycles. The summed E-state index contributed by atoms with van der Waals surface area (Å²) in [5.74, 6) is -4.16. The number of nitrogens with two attached hydrogens (primary N) is 1. The minimum absolute atomic E-state index is 0.511. The maximum absolute atomic E-state index is 13.3. The molecule has 0 radical (unpaired) electrons. The molecule has 0 spiro atoms. The fourth-order valence-corrected chi connectivity index (χ4v) is 1.30. The van der Waals surface area contributed by atoms with Gasteiger partial charge in [0.15, 0.2) is 11.6 Å². The highest BCUT2D eigenvalue weighted by molar-refractivity contribution is 7.81. The average molecular weight is 251 g/mol. The molecule has 0 fully saturated rings. The van der Waals surface area contributed by atoms with Gasteiger partial charge in [0.2, 0.25) is 0 Å². The van der Waals surface area contributed by atoms with Gasteiger partial charge in [-0.05, 0) is 12.1 Å². The second-order valence-corrected chi connectivity index (χ2v) is 3.68. The molecular formula is C7H6FNO6S. The van der Waals surface area contributed by atoms with Gasteiger partial charge in [-0.1, -0.05) is 0 Å². The summed E-state index contributed by atoms with van der Waals surface area (Å²) in [6, 6.07) is 1.77. The van der Waals surface area contributed by atoms with Gasteiger partial charge in [0.05, 0.1) is 5.69 Å². The summed E-state index contributed by atoms with van der Waals surface area (Å²) in [5, 5.41) is 8.61. The normalized spacial score (nSPS) is 11.1. The first-order valence-electron chi connectivity index (χ1n) is 3.70. The van der Waals surface area contributed by atoms with Crippen LogP contribution < -0.4 is 9.92 Å². The third-order valence-corrected chi connectivity index (χ3v) is 1.92. The van der Waals surface area contributed by atoms with Crippen LogP contribution in [0.3, 0.4) is 0 Å². The van der Waals surface area contributed by atoms with Gasteiger partial charge in [-0.2, -0.15) is 8.42 Å². The average Bonchev–Trinajstić information content (AvgIpc) is 2.10. The van der Waals surface area contributed by atoms with Gasteiger partial charge < -0.3 is 15.0 Å². The molecule has 0 aliphatic carbocycles. The van der Waals surface area contributed by atoms with Crippen molar-refractivity contribution < 1.29 is 31.4 Å². The first-order chi connectivity index (χ1) is 7.22. The van der Waals surface area contributed by atoms with E-state index in [2.05, 4.69) is 4.18 Å². The Balaban J connectivity index is 3.44. The second-order valence-electron chi connectivity index (χ2n) is 2.66. The molecule has 0 aromatic heterocycles. The van der Waals surface area contributed by atoms with E-state index in [0.29, 0.717) is 0 Å². The molecule has 9 heteroatoms. The summed E-state index contributed by atoms with van der Waals surface area (Å²) in [7, 11) is -5.03. The predicted octanol–water partition coefficient (Wildman–Crippen LogP) is 0.288. The van der Waals surface area contributed by atoms with Crippen LogP contribution in [0.25, 0.3) is 0 Å². The van der Waals surface area contributed by atoms with Crippen LogP contribution in [0, 0.1) is 5.82 Å². The number of aromatic carboxylic acids is 1. The smallest absolute Gasteiger partial charge is 0.446 e. The molecule has 1 rings (SSSR count). The molecular weight excluding hydrogens is 245 g/mol. The van der Waals surface area contributed by atoms with Gasteiger partial charge >= 0.3 is 16.4 Å². The highest BCUT2D eigenvalue weighted by Crippen LogP contribution is 2.28. The van der Waals surface area contributed by atoms with Crippen molar-refractivity contribution in [3.05, 3.63) is 23.5 Å². The number of hydrogen-bond donors (Lipinski definition) is 3. The number of benzene rings is 1. The minimum atomic E-state index is -5.03. The van der Waals surface area contributed by atoms with Gasteiger partial charge in [-0.15, -0.1) is 0 Å². The summed E-state index contributed by atoms with van der Waals surface area (Å²) in [6.07, 6.45) is 0. The molecule has 0 amide bonds. The second kappa shape index (κ2) is 3.94. The number of carboxylic acid groups (broad SMARTS) is 1. The van der Waals surface area contributed by atoms with Crippen LogP contribution in [0.5, 0.6) is 5.75 Å². The number of carbonyl (C=O) groups is 1. The van der Waals surface area contributed by atoms with Crippen LogP contribution in [-0.2, 0) is 10.4 Å². The monoisotopic (exact) mass is 251 g/mol. The Morgan fingerprint density at radius 2 is 2.00 bits per heavy atom. The van der Waals surface area contributed by atoms with E-state index in [1.165, 1.54) is 0 Å². The summed E-state index contributed by atoms with van der Waals surface area (Å²) < 4.78 is 46.1. The van der Waals surface area contributed by atoms with Gasteiger partial charge in [0.1, 0.15) is 5.56 Å². The summed E-state index contributed by atoms with van der Waals surface area (Å²) in [5.41, 5.74) is 3.80. The third kappa shape index (κ3) is 2.58. The summed E-state index contributed by atoms with van der Waals surface area (Å²) in [6.45, 7) is 0. The van der Waals surface area contributed by atoms with E-state index in [1.54, 1.807) is 0 Å². The Labute approximate surface area is 89.2 Å². The van der Waals surface area contributed by atoms with Crippen molar-refractivity contribution in [3.8, 4) is 5.75 Å². The lowest BCUT2D eigenvalue weighted by Gasteiger charge is -2.07. The van der Waals surface area contributed by atoms with Crippen LogP contribution in [0.15, 0.2) is 12.1 Å². The maximum Gasteiger partial charge on any atom is 0.446 e. The van der Waals surface area contributed by atoms with E-state index in [1.807, 2.05) is 0 Å².